The first-order valence-electron chi connectivity index (χ1n) is 6.33. The molecule has 1 amide bonds. The minimum Gasteiger partial charge on any atom is -0.354 e. The summed E-state index contributed by atoms with van der Waals surface area (Å²) in [6, 6.07) is 7.57. The highest BCUT2D eigenvalue weighted by atomic mass is 79.9. The first-order valence-corrected chi connectivity index (χ1v) is 7.12. The maximum Gasteiger partial charge on any atom is 0.244 e. The highest BCUT2D eigenvalue weighted by molar-refractivity contribution is 9.10. The minimum absolute atomic E-state index is 0.100. The van der Waals surface area contributed by atoms with Gasteiger partial charge in [0.25, 0.3) is 0 Å². The molecular formula is C14H19BrN2O. The fourth-order valence-corrected chi connectivity index (χ4v) is 2.31. The zero-order valence-electron chi connectivity index (χ0n) is 10.6. The van der Waals surface area contributed by atoms with E-state index in [-0.39, 0.29) is 5.91 Å². The Bertz CT molecular complexity index is 424. The Balaban J connectivity index is 1.99. The van der Waals surface area contributed by atoms with Gasteiger partial charge in [0.15, 0.2) is 0 Å². The monoisotopic (exact) mass is 310 g/mol. The van der Waals surface area contributed by atoms with Gasteiger partial charge in [0.2, 0.25) is 5.91 Å². The number of hydrogen-bond donors (Lipinski definition) is 2. The fourth-order valence-electron chi connectivity index (χ4n) is 2.04. The molecule has 1 unspecified atom stereocenters. The van der Waals surface area contributed by atoms with Crippen molar-refractivity contribution in [2.45, 2.75) is 31.7 Å². The second-order valence-electron chi connectivity index (χ2n) is 5.22. The van der Waals surface area contributed by atoms with Crippen molar-refractivity contribution in [3.63, 3.8) is 0 Å². The first kappa shape index (κ1) is 13.6. The van der Waals surface area contributed by atoms with Crippen LogP contribution in [0.3, 0.4) is 0 Å². The number of benzene rings is 1. The maximum atomic E-state index is 12.1. The maximum absolute atomic E-state index is 12.1. The Hall–Kier alpha value is -0.870. The van der Waals surface area contributed by atoms with E-state index in [1.165, 1.54) is 19.3 Å². The summed E-state index contributed by atoms with van der Waals surface area (Å²) in [5, 5.41) is 2.96. The quantitative estimate of drug-likeness (QED) is 0.898. The van der Waals surface area contributed by atoms with Crippen molar-refractivity contribution >= 4 is 21.8 Å². The van der Waals surface area contributed by atoms with Gasteiger partial charge in [0.05, 0.1) is 0 Å². The lowest BCUT2D eigenvalue weighted by molar-refractivity contribution is -0.126. The molecule has 0 aromatic heterocycles. The van der Waals surface area contributed by atoms with Crippen LogP contribution in [0.1, 0.15) is 31.7 Å². The van der Waals surface area contributed by atoms with Crippen LogP contribution in [0.25, 0.3) is 0 Å². The topological polar surface area (TPSA) is 55.1 Å². The van der Waals surface area contributed by atoms with Crippen molar-refractivity contribution in [1.29, 1.82) is 0 Å². The Kier molecular flexibility index (Phi) is 4.07. The molecule has 3 nitrogen and oxygen atoms in total. The number of halogens is 1. The van der Waals surface area contributed by atoms with Gasteiger partial charge in [-0.3, -0.25) is 4.79 Å². The van der Waals surface area contributed by atoms with Gasteiger partial charge in [-0.2, -0.15) is 0 Å². The van der Waals surface area contributed by atoms with E-state index in [1.807, 2.05) is 24.3 Å². The van der Waals surface area contributed by atoms with Gasteiger partial charge in [-0.25, -0.2) is 0 Å². The van der Waals surface area contributed by atoms with E-state index in [4.69, 9.17) is 5.73 Å². The van der Waals surface area contributed by atoms with E-state index in [9.17, 15) is 4.79 Å². The van der Waals surface area contributed by atoms with Crippen LogP contribution in [0.4, 0.5) is 0 Å². The standard InChI is InChI=1S/C14H19BrN2O/c1-14(16,11-5-7-12(15)8-6-11)13(18)17-9-10-3-2-4-10/h5-8,10H,2-4,9,16H2,1H3,(H,17,18). The summed E-state index contributed by atoms with van der Waals surface area (Å²) in [7, 11) is 0. The van der Waals surface area contributed by atoms with E-state index in [2.05, 4.69) is 21.2 Å². The van der Waals surface area contributed by atoms with Crippen molar-refractivity contribution in [2.24, 2.45) is 11.7 Å². The third-order valence-electron chi connectivity index (χ3n) is 3.69. The number of nitrogens with one attached hydrogen (secondary N) is 1. The SMILES string of the molecule is CC(N)(C(=O)NCC1CCC1)c1ccc(Br)cc1. The normalized spacial score (nSPS) is 18.8. The highest BCUT2D eigenvalue weighted by Crippen LogP contribution is 2.26. The molecule has 0 bridgehead atoms. The summed E-state index contributed by atoms with van der Waals surface area (Å²) in [6.45, 7) is 2.51. The molecular weight excluding hydrogens is 292 g/mol. The van der Waals surface area contributed by atoms with Crippen molar-refractivity contribution in [3.8, 4) is 0 Å². The van der Waals surface area contributed by atoms with E-state index in [0.717, 1.165) is 16.6 Å². The molecule has 0 aliphatic heterocycles. The molecule has 0 radical (unpaired) electrons. The van der Waals surface area contributed by atoms with Gasteiger partial charge < -0.3 is 11.1 Å². The van der Waals surface area contributed by atoms with Crippen LogP contribution in [-0.4, -0.2) is 12.5 Å². The zero-order valence-corrected chi connectivity index (χ0v) is 12.2. The summed E-state index contributed by atoms with van der Waals surface area (Å²) in [6.07, 6.45) is 3.73. The molecule has 1 fully saturated rings. The molecule has 1 aliphatic rings. The molecule has 0 saturated heterocycles. The molecule has 1 atom stereocenters. The predicted octanol–water partition coefficient (Wildman–Crippen LogP) is 2.54. The smallest absolute Gasteiger partial charge is 0.244 e. The summed E-state index contributed by atoms with van der Waals surface area (Å²) < 4.78 is 0.983. The third-order valence-corrected chi connectivity index (χ3v) is 4.22. The molecule has 2 rings (SSSR count). The van der Waals surface area contributed by atoms with Gasteiger partial charge in [-0.05, 0) is 43.4 Å². The molecule has 18 heavy (non-hydrogen) atoms. The second-order valence-corrected chi connectivity index (χ2v) is 6.13. The molecule has 0 spiro atoms. The van der Waals surface area contributed by atoms with Crippen LogP contribution in [0.15, 0.2) is 28.7 Å². The minimum atomic E-state index is -0.968. The molecule has 4 heteroatoms. The molecule has 0 heterocycles. The van der Waals surface area contributed by atoms with Gasteiger partial charge in [0.1, 0.15) is 5.54 Å². The van der Waals surface area contributed by atoms with Gasteiger partial charge in [-0.15, -0.1) is 0 Å². The lowest BCUT2D eigenvalue weighted by Gasteiger charge is -2.29. The highest BCUT2D eigenvalue weighted by Gasteiger charge is 2.31. The average Bonchev–Trinajstić information content (AvgIpc) is 2.27. The summed E-state index contributed by atoms with van der Waals surface area (Å²) in [5.41, 5.74) is 6.01. The summed E-state index contributed by atoms with van der Waals surface area (Å²) in [4.78, 5) is 12.1. The Morgan fingerprint density at radius 3 is 2.56 bits per heavy atom. The zero-order chi connectivity index (χ0) is 13.2. The molecule has 98 valence electrons. The number of amides is 1. The largest absolute Gasteiger partial charge is 0.354 e. The van der Waals surface area contributed by atoms with Gasteiger partial charge >= 0.3 is 0 Å². The Labute approximate surface area is 116 Å². The lowest BCUT2D eigenvalue weighted by Crippen LogP contribution is -2.50. The van der Waals surface area contributed by atoms with E-state index >= 15 is 0 Å². The average molecular weight is 311 g/mol. The van der Waals surface area contributed by atoms with E-state index < -0.39 is 5.54 Å². The summed E-state index contributed by atoms with van der Waals surface area (Å²) >= 11 is 3.37. The van der Waals surface area contributed by atoms with Crippen LogP contribution in [0.5, 0.6) is 0 Å². The number of carbonyl (C=O) groups excluding carboxylic acids is 1. The van der Waals surface area contributed by atoms with Crippen molar-refractivity contribution in [3.05, 3.63) is 34.3 Å². The van der Waals surface area contributed by atoms with Crippen molar-refractivity contribution in [2.75, 3.05) is 6.54 Å². The molecule has 1 aliphatic carbocycles. The first-order chi connectivity index (χ1) is 8.50. The predicted molar refractivity (Wildman–Crippen MR) is 76.0 cm³/mol. The molecule has 3 N–H and O–H groups in total. The van der Waals surface area contributed by atoms with Crippen molar-refractivity contribution < 1.29 is 4.79 Å². The second kappa shape index (κ2) is 5.41. The number of rotatable bonds is 4. The molecule has 1 aromatic carbocycles. The fraction of sp³-hybridized carbons (Fsp3) is 0.500. The van der Waals surface area contributed by atoms with Crippen LogP contribution in [-0.2, 0) is 10.3 Å². The van der Waals surface area contributed by atoms with E-state index in [1.54, 1.807) is 6.92 Å². The van der Waals surface area contributed by atoms with E-state index in [0.29, 0.717) is 5.92 Å². The Morgan fingerprint density at radius 1 is 1.44 bits per heavy atom. The third kappa shape index (κ3) is 2.93. The van der Waals surface area contributed by atoms with Crippen LogP contribution in [0.2, 0.25) is 0 Å². The number of nitrogens with two attached hydrogens (primary N) is 1. The number of hydrogen-bond acceptors (Lipinski definition) is 2. The molecule has 1 saturated carbocycles. The number of carbonyl (C=O) groups is 1. The van der Waals surface area contributed by atoms with Crippen LogP contribution in [0, 0.1) is 5.92 Å². The lowest BCUT2D eigenvalue weighted by atomic mass is 9.85. The Morgan fingerprint density at radius 2 is 2.06 bits per heavy atom. The van der Waals surface area contributed by atoms with Gasteiger partial charge in [-0.1, -0.05) is 34.5 Å². The summed E-state index contributed by atoms with van der Waals surface area (Å²) in [5.74, 6) is 0.548. The molecule has 1 aromatic rings. The van der Waals surface area contributed by atoms with Crippen molar-refractivity contribution in [1.82, 2.24) is 5.32 Å². The van der Waals surface area contributed by atoms with Gasteiger partial charge in [0, 0.05) is 11.0 Å². The van der Waals surface area contributed by atoms with Crippen LogP contribution < -0.4 is 11.1 Å². The van der Waals surface area contributed by atoms with Crippen LogP contribution >= 0.6 is 15.9 Å².